The summed E-state index contributed by atoms with van der Waals surface area (Å²) in [4.78, 5) is 29.9. The number of rotatable bonds is 4. The average Bonchev–Trinajstić information content (AvgIpc) is 3.14. The quantitative estimate of drug-likeness (QED) is 0.755. The number of benzene rings is 1. The lowest BCUT2D eigenvalue weighted by atomic mass is 9.84. The SMILES string of the molecule is COC(=O)C1(C)CC(C(=O)OC(C)(C)C)N2CCN(Cc3ccccc3)C21. The molecule has 0 radical (unpaired) electrons. The predicted octanol–water partition coefficient (Wildman–Crippen LogP) is 2.42. The summed E-state index contributed by atoms with van der Waals surface area (Å²) in [6, 6.07) is 9.75. The van der Waals surface area contributed by atoms with Gasteiger partial charge >= 0.3 is 11.9 Å². The average molecular weight is 374 g/mol. The van der Waals surface area contributed by atoms with Crippen molar-refractivity contribution in [2.45, 2.75) is 58.5 Å². The van der Waals surface area contributed by atoms with E-state index in [1.54, 1.807) is 0 Å². The molecule has 0 amide bonds. The molecule has 148 valence electrons. The molecule has 3 atom stereocenters. The second-order valence-electron chi connectivity index (χ2n) is 8.73. The Kier molecular flexibility index (Phi) is 5.32. The molecule has 0 aliphatic carbocycles. The Morgan fingerprint density at radius 1 is 1.19 bits per heavy atom. The van der Waals surface area contributed by atoms with Crippen molar-refractivity contribution in [3.63, 3.8) is 0 Å². The minimum Gasteiger partial charge on any atom is -0.469 e. The molecule has 6 heteroatoms. The van der Waals surface area contributed by atoms with E-state index in [4.69, 9.17) is 9.47 Å². The van der Waals surface area contributed by atoms with Crippen molar-refractivity contribution >= 4 is 11.9 Å². The highest BCUT2D eigenvalue weighted by molar-refractivity contribution is 5.83. The first-order valence-electron chi connectivity index (χ1n) is 9.51. The molecular weight excluding hydrogens is 344 g/mol. The van der Waals surface area contributed by atoms with Gasteiger partial charge in [-0.05, 0) is 39.7 Å². The second kappa shape index (κ2) is 7.24. The van der Waals surface area contributed by atoms with E-state index < -0.39 is 17.1 Å². The Morgan fingerprint density at radius 3 is 2.44 bits per heavy atom. The molecule has 0 saturated carbocycles. The Balaban J connectivity index is 1.87. The molecule has 6 nitrogen and oxygen atoms in total. The predicted molar refractivity (Wildman–Crippen MR) is 102 cm³/mol. The van der Waals surface area contributed by atoms with Gasteiger partial charge in [-0.1, -0.05) is 30.3 Å². The molecule has 1 aromatic rings. The van der Waals surface area contributed by atoms with Crippen molar-refractivity contribution in [2.24, 2.45) is 5.41 Å². The zero-order valence-electron chi connectivity index (χ0n) is 16.9. The summed E-state index contributed by atoms with van der Waals surface area (Å²) >= 11 is 0. The molecule has 2 fully saturated rings. The summed E-state index contributed by atoms with van der Waals surface area (Å²) < 4.78 is 10.8. The Bertz CT molecular complexity index is 700. The maximum Gasteiger partial charge on any atom is 0.323 e. The summed E-state index contributed by atoms with van der Waals surface area (Å²) in [6.07, 6.45) is 0.229. The standard InChI is InChI=1S/C21H30N2O4/c1-20(2,3)27-17(24)16-13-21(4,19(25)26-5)18-22(11-12-23(16)18)14-15-9-7-6-8-10-15/h6-10,16,18H,11-14H2,1-5H3. The van der Waals surface area contributed by atoms with E-state index in [1.165, 1.54) is 12.7 Å². The van der Waals surface area contributed by atoms with Crippen LogP contribution in [0.4, 0.5) is 0 Å². The van der Waals surface area contributed by atoms with Crippen molar-refractivity contribution in [3.8, 4) is 0 Å². The molecule has 3 unspecified atom stereocenters. The highest BCUT2D eigenvalue weighted by Gasteiger charge is 2.61. The lowest BCUT2D eigenvalue weighted by molar-refractivity contribution is -0.160. The summed E-state index contributed by atoms with van der Waals surface area (Å²) in [5.41, 5.74) is -0.144. The Labute approximate surface area is 161 Å². The fourth-order valence-electron chi connectivity index (χ4n) is 4.41. The molecule has 0 N–H and O–H groups in total. The van der Waals surface area contributed by atoms with E-state index in [2.05, 4.69) is 21.9 Å². The number of hydrogen-bond donors (Lipinski definition) is 0. The third-order valence-corrected chi connectivity index (χ3v) is 5.45. The topological polar surface area (TPSA) is 59.1 Å². The summed E-state index contributed by atoms with van der Waals surface area (Å²) in [7, 11) is 1.41. The first-order chi connectivity index (χ1) is 12.7. The minimum atomic E-state index is -0.776. The normalized spacial score (nSPS) is 28.8. The third-order valence-electron chi connectivity index (χ3n) is 5.45. The van der Waals surface area contributed by atoms with Gasteiger partial charge < -0.3 is 9.47 Å². The van der Waals surface area contributed by atoms with E-state index in [9.17, 15) is 9.59 Å². The summed E-state index contributed by atoms with van der Waals surface area (Å²) in [5, 5.41) is 0. The zero-order chi connectivity index (χ0) is 19.8. The van der Waals surface area contributed by atoms with Crippen LogP contribution in [0.1, 0.15) is 39.7 Å². The molecule has 2 aliphatic rings. The van der Waals surface area contributed by atoms with E-state index in [-0.39, 0.29) is 18.1 Å². The van der Waals surface area contributed by atoms with E-state index in [0.29, 0.717) is 6.42 Å². The van der Waals surface area contributed by atoms with E-state index in [1.807, 2.05) is 45.9 Å². The Morgan fingerprint density at radius 2 is 1.85 bits per heavy atom. The summed E-state index contributed by atoms with van der Waals surface area (Å²) in [5.74, 6) is -0.537. The highest BCUT2D eigenvalue weighted by Crippen LogP contribution is 2.46. The smallest absolute Gasteiger partial charge is 0.323 e. The van der Waals surface area contributed by atoms with Crippen LogP contribution in [-0.2, 0) is 25.6 Å². The largest absolute Gasteiger partial charge is 0.469 e. The van der Waals surface area contributed by atoms with Crippen molar-refractivity contribution in [2.75, 3.05) is 20.2 Å². The number of hydrogen-bond acceptors (Lipinski definition) is 6. The van der Waals surface area contributed by atoms with Crippen LogP contribution in [-0.4, -0.2) is 59.7 Å². The van der Waals surface area contributed by atoms with Crippen LogP contribution in [0.25, 0.3) is 0 Å². The number of esters is 2. The van der Waals surface area contributed by atoms with E-state index in [0.717, 1.165) is 19.6 Å². The third kappa shape index (κ3) is 3.87. The number of carbonyl (C=O) groups excluding carboxylic acids is 2. The fourth-order valence-corrected chi connectivity index (χ4v) is 4.41. The molecule has 1 aromatic carbocycles. The van der Waals surface area contributed by atoms with Crippen molar-refractivity contribution in [3.05, 3.63) is 35.9 Å². The maximum atomic E-state index is 12.8. The number of fused-ring (bicyclic) bond motifs is 1. The second-order valence-corrected chi connectivity index (χ2v) is 8.73. The number of nitrogens with zero attached hydrogens (tertiary/aromatic N) is 2. The van der Waals surface area contributed by atoms with Gasteiger partial charge in [0.15, 0.2) is 0 Å². The Hall–Kier alpha value is -1.92. The van der Waals surface area contributed by atoms with Crippen LogP contribution in [0, 0.1) is 5.41 Å². The molecule has 2 saturated heterocycles. The first kappa shape index (κ1) is 19.8. The molecule has 0 spiro atoms. The van der Waals surface area contributed by atoms with Crippen molar-refractivity contribution in [1.29, 1.82) is 0 Å². The number of carbonyl (C=O) groups is 2. The monoisotopic (exact) mass is 374 g/mol. The fraction of sp³-hybridized carbons (Fsp3) is 0.619. The van der Waals surface area contributed by atoms with Gasteiger partial charge in [0, 0.05) is 19.6 Å². The van der Waals surface area contributed by atoms with Crippen LogP contribution in [0.2, 0.25) is 0 Å². The molecule has 2 aliphatic heterocycles. The van der Waals surface area contributed by atoms with Crippen LogP contribution in [0.5, 0.6) is 0 Å². The van der Waals surface area contributed by atoms with Gasteiger partial charge in [-0.2, -0.15) is 0 Å². The van der Waals surface area contributed by atoms with Crippen molar-refractivity contribution in [1.82, 2.24) is 9.80 Å². The van der Waals surface area contributed by atoms with Gasteiger partial charge in [-0.3, -0.25) is 19.4 Å². The molecular formula is C21H30N2O4. The highest BCUT2D eigenvalue weighted by atomic mass is 16.6. The van der Waals surface area contributed by atoms with Crippen LogP contribution in [0.15, 0.2) is 30.3 Å². The molecule has 0 aromatic heterocycles. The van der Waals surface area contributed by atoms with Crippen LogP contribution < -0.4 is 0 Å². The number of ether oxygens (including phenoxy) is 2. The lowest BCUT2D eigenvalue weighted by Crippen LogP contribution is -2.49. The lowest BCUT2D eigenvalue weighted by Gasteiger charge is -2.35. The van der Waals surface area contributed by atoms with Gasteiger partial charge in [-0.15, -0.1) is 0 Å². The maximum absolute atomic E-state index is 12.8. The number of methoxy groups -OCH3 is 1. The van der Waals surface area contributed by atoms with Gasteiger partial charge in [0.25, 0.3) is 0 Å². The molecule has 2 heterocycles. The summed E-state index contributed by atoms with van der Waals surface area (Å²) in [6.45, 7) is 9.76. The van der Waals surface area contributed by atoms with E-state index >= 15 is 0 Å². The molecule has 3 rings (SSSR count). The van der Waals surface area contributed by atoms with Gasteiger partial charge in [0.2, 0.25) is 0 Å². The van der Waals surface area contributed by atoms with Crippen LogP contribution >= 0.6 is 0 Å². The van der Waals surface area contributed by atoms with Gasteiger partial charge in [0.05, 0.1) is 18.7 Å². The van der Waals surface area contributed by atoms with Gasteiger partial charge in [-0.25, -0.2) is 0 Å². The van der Waals surface area contributed by atoms with Gasteiger partial charge in [0.1, 0.15) is 11.6 Å². The van der Waals surface area contributed by atoms with Crippen LogP contribution in [0.3, 0.4) is 0 Å². The molecule has 0 bridgehead atoms. The molecule has 27 heavy (non-hydrogen) atoms. The zero-order valence-corrected chi connectivity index (χ0v) is 16.9. The van der Waals surface area contributed by atoms with Crippen molar-refractivity contribution < 1.29 is 19.1 Å². The minimum absolute atomic E-state index is 0.178. The first-order valence-corrected chi connectivity index (χ1v) is 9.51.